The first-order chi connectivity index (χ1) is 8.06. The van der Waals surface area contributed by atoms with Crippen LogP contribution in [0.3, 0.4) is 0 Å². The van der Waals surface area contributed by atoms with Gasteiger partial charge in [-0.2, -0.15) is 0 Å². The topological polar surface area (TPSA) is 52.3 Å². The van der Waals surface area contributed by atoms with Crippen LogP contribution in [0.4, 0.5) is 0 Å². The van der Waals surface area contributed by atoms with E-state index >= 15 is 0 Å². The van der Waals surface area contributed by atoms with Gasteiger partial charge in [0.2, 0.25) is 0 Å². The summed E-state index contributed by atoms with van der Waals surface area (Å²) in [6.07, 6.45) is 0.321. The van der Waals surface area contributed by atoms with Crippen molar-refractivity contribution in [3.8, 4) is 0 Å². The largest absolute Gasteiger partial charge is 0.469 e. The van der Waals surface area contributed by atoms with E-state index in [1.807, 2.05) is 30.3 Å². The fourth-order valence-corrected chi connectivity index (χ4v) is 2.17. The molecule has 0 fully saturated rings. The van der Waals surface area contributed by atoms with E-state index in [4.69, 9.17) is 10.5 Å². The summed E-state index contributed by atoms with van der Waals surface area (Å²) in [5.74, 6) is 0.0574. The summed E-state index contributed by atoms with van der Waals surface area (Å²) in [4.78, 5) is 11.6. The van der Waals surface area contributed by atoms with E-state index in [0.29, 0.717) is 13.0 Å². The van der Waals surface area contributed by atoms with Gasteiger partial charge in [-0.15, -0.1) is 0 Å². The molecule has 1 unspecified atom stereocenters. The van der Waals surface area contributed by atoms with E-state index in [9.17, 15) is 4.79 Å². The third-order valence-electron chi connectivity index (χ3n) is 3.51. The Morgan fingerprint density at radius 2 is 1.94 bits per heavy atom. The van der Waals surface area contributed by atoms with Crippen LogP contribution in [-0.2, 0) is 14.9 Å². The van der Waals surface area contributed by atoms with Crippen molar-refractivity contribution < 1.29 is 9.53 Å². The Morgan fingerprint density at radius 1 is 1.35 bits per heavy atom. The van der Waals surface area contributed by atoms with Crippen molar-refractivity contribution >= 4 is 5.97 Å². The lowest BCUT2D eigenvalue weighted by atomic mass is 9.69. The first-order valence-electron chi connectivity index (χ1n) is 5.89. The highest BCUT2D eigenvalue weighted by molar-refractivity contribution is 5.71. The maximum Gasteiger partial charge on any atom is 0.306 e. The summed E-state index contributed by atoms with van der Waals surface area (Å²) >= 11 is 0. The zero-order valence-electron chi connectivity index (χ0n) is 10.8. The van der Waals surface area contributed by atoms with Gasteiger partial charge in [0.15, 0.2) is 0 Å². The standard InChI is InChI=1S/C14H21NO2/c1-11(2)14(10-15,9-13(16)17-3)12-7-5-4-6-8-12/h4-8,11H,9-10,15H2,1-3H3. The normalized spacial score (nSPS) is 14.4. The van der Waals surface area contributed by atoms with Gasteiger partial charge in [-0.3, -0.25) is 4.79 Å². The first kappa shape index (κ1) is 13.7. The average Bonchev–Trinajstić information content (AvgIpc) is 2.36. The number of hydrogen-bond acceptors (Lipinski definition) is 3. The lowest BCUT2D eigenvalue weighted by Gasteiger charge is -2.36. The summed E-state index contributed by atoms with van der Waals surface area (Å²) in [6.45, 7) is 4.61. The predicted molar refractivity (Wildman–Crippen MR) is 68.6 cm³/mol. The molecule has 0 amide bonds. The smallest absolute Gasteiger partial charge is 0.306 e. The minimum Gasteiger partial charge on any atom is -0.469 e. The molecule has 0 heterocycles. The van der Waals surface area contributed by atoms with Crippen LogP contribution in [0.25, 0.3) is 0 Å². The van der Waals surface area contributed by atoms with E-state index < -0.39 is 0 Å². The third kappa shape index (κ3) is 2.86. The lowest BCUT2D eigenvalue weighted by molar-refractivity contribution is -0.142. The molecule has 0 saturated carbocycles. The molecule has 17 heavy (non-hydrogen) atoms. The molecule has 3 nitrogen and oxygen atoms in total. The number of hydrogen-bond donors (Lipinski definition) is 1. The van der Waals surface area contributed by atoms with E-state index in [-0.39, 0.29) is 17.3 Å². The molecule has 0 aliphatic heterocycles. The van der Waals surface area contributed by atoms with Crippen molar-refractivity contribution in [1.29, 1.82) is 0 Å². The Balaban J connectivity index is 3.13. The summed E-state index contributed by atoms with van der Waals surface area (Å²) in [5.41, 5.74) is 6.70. The monoisotopic (exact) mass is 235 g/mol. The Kier molecular flexibility index (Phi) is 4.70. The van der Waals surface area contributed by atoms with Gasteiger partial charge in [0.1, 0.15) is 0 Å². The van der Waals surface area contributed by atoms with Crippen molar-refractivity contribution in [2.75, 3.05) is 13.7 Å². The van der Waals surface area contributed by atoms with Crippen LogP contribution in [-0.4, -0.2) is 19.6 Å². The molecule has 1 rings (SSSR count). The van der Waals surface area contributed by atoms with Crippen LogP contribution in [0.5, 0.6) is 0 Å². The minimum atomic E-state index is -0.339. The van der Waals surface area contributed by atoms with Gasteiger partial charge in [0.05, 0.1) is 13.5 Å². The lowest BCUT2D eigenvalue weighted by Crippen LogP contribution is -2.42. The zero-order valence-corrected chi connectivity index (χ0v) is 10.8. The Labute approximate surface area is 103 Å². The summed E-state index contributed by atoms with van der Waals surface area (Å²) < 4.78 is 4.78. The molecule has 94 valence electrons. The molecule has 0 bridgehead atoms. The number of benzene rings is 1. The molecule has 1 aromatic rings. The molecule has 1 aromatic carbocycles. The summed E-state index contributed by atoms with van der Waals surface area (Å²) in [7, 11) is 1.41. The van der Waals surface area contributed by atoms with E-state index in [1.165, 1.54) is 7.11 Å². The molecular formula is C14H21NO2. The number of rotatable bonds is 5. The molecule has 2 N–H and O–H groups in total. The molecule has 3 heteroatoms. The predicted octanol–water partition coefficient (Wildman–Crippen LogP) is 2.10. The Bertz CT molecular complexity index is 362. The van der Waals surface area contributed by atoms with Crippen LogP contribution in [0, 0.1) is 5.92 Å². The SMILES string of the molecule is COC(=O)CC(CN)(c1ccccc1)C(C)C. The molecule has 0 aliphatic rings. The fraction of sp³-hybridized carbons (Fsp3) is 0.500. The summed E-state index contributed by atoms with van der Waals surface area (Å²) in [6, 6.07) is 9.95. The second-order valence-electron chi connectivity index (χ2n) is 4.63. The van der Waals surface area contributed by atoms with Gasteiger partial charge in [-0.05, 0) is 11.5 Å². The fourth-order valence-electron chi connectivity index (χ4n) is 2.17. The quantitative estimate of drug-likeness (QED) is 0.795. The van der Waals surface area contributed by atoms with Crippen molar-refractivity contribution in [1.82, 2.24) is 0 Å². The number of methoxy groups -OCH3 is 1. The van der Waals surface area contributed by atoms with Crippen molar-refractivity contribution in [2.45, 2.75) is 25.7 Å². The first-order valence-corrected chi connectivity index (χ1v) is 5.89. The molecule has 0 saturated heterocycles. The molecular weight excluding hydrogens is 214 g/mol. The van der Waals surface area contributed by atoms with Gasteiger partial charge in [0, 0.05) is 12.0 Å². The number of ether oxygens (including phenoxy) is 1. The van der Waals surface area contributed by atoms with E-state index in [0.717, 1.165) is 5.56 Å². The number of carbonyl (C=O) groups excluding carboxylic acids is 1. The minimum absolute atomic E-state index is 0.215. The van der Waals surface area contributed by atoms with Crippen LogP contribution in [0.15, 0.2) is 30.3 Å². The van der Waals surface area contributed by atoms with Crippen molar-refractivity contribution in [2.24, 2.45) is 11.7 Å². The maximum absolute atomic E-state index is 11.6. The highest BCUT2D eigenvalue weighted by Gasteiger charge is 2.36. The Morgan fingerprint density at radius 3 is 2.35 bits per heavy atom. The zero-order chi connectivity index (χ0) is 12.9. The van der Waals surface area contributed by atoms with Crippen molar-refractivity contribution in [3.63, 3.8) is 0 Å². The average molecular weight is 235 g/mol. The van der Waals surface area contributed by atoms with Gasteiger partial charge in [-0.25, -0.2) is 0 Å². The number of nitrogens with two attached hydrogens (primary N) is 1. The second kappa shape index (κ2) is 5.82. The number of carbonyl (C=O) groups is 1. The van der Waals surface area contributed by atoms with Gasteiger partial charge >= 0.3 is 5.97 Å². The Hall–Kier alpha value is -1.35. The maximum atomic E-state index is 11.6. The molecule has 0 aromatic heterocycles. The molecule has 0 spiro atoms. The molecule has 0 aliphatic carbocycles. The molecule has 0 radical (unpaired) electrons. The highest BCUT2D eigenvalue weighted by Crippen LogP contribution is 2.35. The van der Waals surface area contributed by atoms with Crippen molar-refractivity contribution in [3.05, 3.63) is 35.9 Å². The second-order valence-corrected chi connectivity index (χ2v) is 4.63. The van der Waals surface area contributed by atoms with Gasteiger partial charge in [-0.1, -0.05) is 44.2 Å². The van der Waals surface area contributed by atoms with Crippen LogP contribution in [0.2, 0.25) is 0 Å². The van der Waals surface area contributed by atoms with E-state index in [2.05, 4.69) is 13.8 Å². The third-order valence-corrected chi connectivity index (χ3v) is 3.51. The van der Waals surface area contributed by atoms with E-state index in [1.54, 1.807) is 0 Å². The van der Waals surface area contributed by atoms with Crippen LogP contribution < -0.4 is 5.73 Å². The van der Waals surface area contributed by atoms with Gasteiger partial charge in [0.25, 0.3) is 0 Å². The molecule has 1 atom stereocenters. The summed E-state index contributed by atoms with van der Waals surface area (Å²) in [5, 5.41) is 0. The van der Waals surface area contributed by atoms with Gasteiger partial charge < -0.3 is 10.5 Å². The highest BCUT2D eigenvalue weighted by atomic mass is 16.5. The van der Waals surface area contributed by atoms with Crippen LogP contribution >= 0.6 is 0 Å². The number of esters is 1. The van der Waals surface area contributed by atoms with Crippen LogP contribution in [0.1, 0.15) is 25.8 Å².